The zero-order valence-electron chi connectivity index (χ0n) is 23.5. The van der Waals surface area contributed by atoms with Crippen LogP contribution in [0.1, 0.15) is 63.0 Å². The van der Waals surface area contributed by atoms with Crippen molar-refractivity contribution in [1.29, 1.82) is 0 Å². The van der Waals surface area contributed by atoms with E-state index in [-0.39, 0.29) is 52.6 Å². The number of benzene rings is 5. The van der Waals surface area contributed by atoms with Crippen LogP contribution in [-0.2, 0) is 6.61 Å². The number of aromatic hydroxyl groups is 7. The normalized spacial score (nSPS) is 19.8. The van der Waals surface area contributed by atoms with Gasteiger partial charge in [-0.25, -0.2) is 0 Å². The van der Waals surface area contributed by atoms with Gasteiger partial charge in [0.2, 0.25) is 0 Å². The van der Waals surface area contributed by atoms with E-state index >= 15 is 0 Å². The summed E-state index contributed by atoms with van der Waals surface area (Å²) in [6.45, 7) is -0.316. The van der Waals surface area contributed by atoms with Crippen LogP contribution in [0.3, 0.4) is 0 Å². The Morgan fingerprint density at radius 3 is 1.71 bits per heavy atom. The van der Waals surface area contributed by atoms with Gasteiger partial charge < -0.3 is 50.3 Å². The number of fused-ring (bicyclic) bond motifs is 2. The van der Waals surface area contributed by atoms with Crippen molar-refractivity contribution in [2.45, 2.75) is 30.7 Å². The number of phenolic OH excluding ortho intramolecular Hbond substituents is 7. The van der Waals surface area contributed by atoms with Gasteiger partial charge in [0.25, 0.3) is 0 Å². The van der Waals surface area contributed by atoms with E-state index in [1.54, 1.807) is 24.3 Å². The first-order valence-corrected chi connectivity index (χ1v) is 14.1. The van der Waals surface area contributed by atoms with Crippen LogP contribution < -0.4 is 9.47 Å². The van der Waals surface area contributed by atoms with Crippen LogP contribution in [0.5, 0.6) is 51.7 Å². The van der Waals surface area contributed by atoms with Gasteiger partial charge in [-0.15, -0.1) is 0 Å². The maximum Gasteiger partial charge on any atom is 0.138 e. The van der Waals surface area contributed by atoms with Crippen LogP contribution in [0.15, 0.2) is 84.9 Å². The fourth-order valence-electron chi connectivity index (χ4n) is 6.52. The largest absolute Gasteiger partial charge is 0.508 e. The third-order valence-electron chi connectivity index (χ3n) is 8.43. The summed E-state index contributed by atoms with van der Waals surface area (Å²) in [6.07, 6.45) is -1.64. The summed E-state index contributed by atoms with van der Waals surface area (Å²) in [7, 11) is 0. The quantitative estimate of drug-likeness (QED) is 0.124. The van der Waals surface area contributed by atoms with Crippen molar-refractivity contribution in [1.82, 2.24) is 0 Å². The van der Waals surface area contributed by atoms with Crippen LogP contribution in [0.4, 0.5) is 0 Å². The molecule has 5 aromatic carbocycles. The molecule has 45 heavy (non-hydrogen) atoms. The molecule has 0 radical (unpaired) electrons. The van der Waals surface area contributed by atoms with Crippen LogP contribution in [0, 0.1) is 0 Å². The van der Waals surface area contributed by atoms with E-state index in [9.17, 15) is 40.9 Å². The molecular weight excluding hydrogens is 580 g/mol. The van der Waals surface area contributed by atoms with Crippen molar-refractivity contribution >= 4 is 0 Å². The molecular formula is C35H28O10. The van der Waals surface area contributed by atoms with Gasteiger partial charge in [0, 0.05) is 28.8 Å². The Labute approximate surface area is 256 Å². The predicted octanol–water partition coefficient (Wildman–Crippen LogP) is 5.65. The molecule has 0 aromatic heterocycles. The van der Waals surface area contributed by atoms with Crippen LogP contribution in [0.25, 0.3) is 0 Å². The molecule has 2 aliphatic rings. The highest BCUT2D eigenvalue weighted by Gasteiger charge is 2.44. The standard InChI is InChI=1S/C35H28O10/c36-15-16-7-26(42)32-28(8-16)44-34(17-1-3-20(37)4-2-17)30(32)19-11-27(43)33-29(12-19)45-35(24-6-5-21(38)14-25(24)41)31(33)18-9-22(39)13-23(40)10-18/h1-14,30-31,34-43H,15H2/t30-,31-,34+,35+/m0/s1. The van der Waals surface area contributed by atoms with E-state index in [1.165, 1.54) is 60.7 Å². The highest BCUT2D eigenvalue weighted by molar-refractivity contribution is 5.63. The minimum Gasteiger partial charge on any atom is -0.508 e. The van der Waals surface area contributed by atoms with Gasteiger partial charge in [-0.3, -0.25) is 0 Å². The molecule has 0 amide bonds. The van der Waals surface area contributed by atoms with Crippen LogP contribution >= 0.6 is 0 Å². The molecule has 228 valence electrons. The first kappa shape index (κ1) is 28.1. The minimum atomic E-state index is -0.941. The molecule has 0 saturated heterocycles. The molecule has 4 atom stereocenters. The molecule has 0 fully saturated rings. The summed E-state index contributed by atoms with van der Waals surface area (Å²) in [5.74, 6) is -1.93. The monoisotopic (exact) mass is 608 g/mol. The third kappa shape index (κ3) is 4.72. The second-order valence-corrected chi connectivity index (χ2v) is 11.3. The van der Waals surface area contributed by atoms with Crippen LogP contribution in [-0.4, -0.2) is 40.9 Å². The Hall–Kier alpha value is -5.74. The van der Waals surface area contributed by atoms with Crippen molar-refractivity contribution in [3.63, 3.8) is 0 Å². The van der Waals surface area contributed by atoms with Gasteiger partial charge >= 0.3 is 0 Å². The second kappa shape index (κ2) is 10.5. The number of phenols is 7. The van der Waals surface area contributed by atoms with Crippen LogP contribution in [0.2, 0.25) is 0 Å². The lowest BCUT2D eigenvalue weighted by Gasteiger charge is -2.22. The van der Waals surface area contributed by atoms with Crippen molar-refractivity contribution < 1.29 is 50.3 Å². The Bertz CT molecular complexity index is 1930. The van der Waals surface area contributed by atoms with Gasteiger partial charge in [-0.1, -0.05) is 12.1 Å². The number of aliphatic hydroxyl groups excluding tert-OH is 1. The molecule has 0 saturated carbocycles. The van der Waals surface area contributed by atoms with Crippen molar-refractivity contribution in [2.75, 3.05) is 0 Å². The lowest BCUT2D eigenvalue weighted by molar-refractivity contribution is 0.214. The molecule has 2 aliphatic heterocycles. The maximum atomic E-state index is 11.6. The van der Waals surface area contributed by atoms with Gasteiger partial charge in [0.05, 0.1) is 18.4 Å². The summed E-state index contributed by atoms with van der Waals surface area (Å²) in [5.41, 5.74) is 3.11. The zero-order valence-corrected chi connectivity index (χ0v) is 23.5. The highest BCUT2D eigenvalue weighted by Crippen LogP contribution is 2.59. The predicted molar refractivity (Wildman–Crippen MR) is 160 cm³/mol. The van der Waals surface area contributed by atoms with Gasteiger partial charge in [0.1, 0.15) is 64.0 Å². The Morgan fingerprint density at radius 1 is 0.467 bits per heavy atom. The molecule has 0 unspecified atom stereocenters. The van der Waals surface area contributed by atoms with Gasteiger partial charge in [0.15, 0.2) is 0 Å². The summed E-state index contributed by atoms with van der Waals surface area (Å²) in [5, 5.41) is 83.7. The number of ether oxygens (including phenoxy) is 2. The fourth-order valence-corrected chi connectivity index (χ4v) is 6.52. The molecule has 10 heteroatoms. The summed E-state index contributed by atoms with van der Waals surface area (Å²) >= 11 is 0. The topological polar surface area (TPSA) is 180 Å². The van der Waals surface area contributed by atoms with Crippen molar-refractivity contribution in [2.24, 2.45) is 0 Å². The number of rotatable bonds is 5. The van der Waals surface area contributed by atoms with E-state index in [2.05, 4.69) is 0 Å². The summed E-state index contributed by atoms with van der Waals surface area (Å²) in [6, 6.07) is 20.8. The fraction of sp³-hybridized carbons (Fsp3) is 0.143. The van der Waals surface area contributed by atoms with E-state index < -0.39 is 24.0 Å². The van der Waals surface area contributed by atoms with E-state index in [0.717, 1.165) is 0 Å². The Kier molecular flexibility index (Phi) is 6.52. The lowest BCUT2D eigenvalue weighted by atomic mass is 9.81. The number of hydrogen-bond acceptors (Lipinski definition) is 10. The lowest BCUT2D eigenvalue weighted by Crippen LogP contribution is -2.12. The first-order valence-electron chi connectivity index (χ1n) is 14.1. The molecule has 0 aliphatic carbocycles. The highest BCUT2D eigenvalue weighted by atomic mass is 16.5. The average Bonchev–Trinajstić information content (AvgIpc) is 3.57. The number of hydrogen-bond donors (Lipinski definition) is 8. The molecule has 0 spiro atoms. The Morgan fingerprint density at radius 2 is 1.04 bits per heavy atom. The van der Waals surface area contributed by atoms with Crippen molar-refractivity contribution in [3.05, 3.63) is 124 Å². The van der Waals surface area contributed by atoms with Crippen molar-refractivity contribution in [3.8, 4) is 51.7 Å². The average molecular weight is 609 g/mol. The molecule has 8 N–H and O–H groups in total. The Balaban J connectivity index is 1.41. The second-order valence-electron chi connectivity index (χ2n) is 11.3. The SMILES string of the molecule is OCc1cc(O)c2c(c1)O[C@H](c1ccc(O)cc1)[C@H]2c1cc(O)c2c(c1)O[C@H](c1ccc(O)cc1O)[C@H]2c1cc(O)cc(O)c1. The maximum absolute atomic E-state index is 11.6. The molecule has 2 heterocycles. The minimum absolute atomic E-state index is 0.0624. The number of aliphatic hydroxyl groups is 1. The molecule has 7 rings (SSSR count). The molecule has 10 nitrogen and oxygen atoms in total. The molecule has 5 aromatic rings. The van der Waals surface area contributed by atoms with E-state index in [0.29, 0.717) is 44.7 Å². The summed E-state index contributed by atoms with van der Waals surface area (Å²) in [4.78, 5) is 0. The smallest absolute Gasteiger partial charge is 0.138 e. The van der Waals surface area contributed by atoms with Gasteiger partial charge in [-0.05, 0) is 82.9 Å². The zero-order chi connectivity index (χ0) is 31.6. The van der Waals surface area contributed by atoms with E-state index in [1.807, 2.05) is 0 Å². The van der Waals surface area contributed by atoms with Gasteiger partial charge in [-0.2, -0.15) is 0 Å². The van der Waals surface area contributed by atoms with E-state index in [4.69, 9.17) is 9.47 Å². The first-order chi connectivity index (χ1) is 21.6. The third-order valence-corrected chi connectivity index (χ3v) is 8.43. The summed E-state index contributed by atoms with van der Waals surface area (Å²) < 4.78 is 12.7. The molecule has 0 bridgehead atoms.